The van der Waals surface area contributed by atoms with Crippen molar-refractivity contribution in [2.45, 2.75) is 33.1 Å². The summed E-state index contributed by atoms with van der Waals surface area (Å²) < 4.78 is 26.0. The largest absolute Gasteiger partial charge is 0.355 e. The number of carbonyl (C=O) groups is 1. The number of aliphatic imine (C=N–C) groups is 1. The summed E-state index contributed by atoms with van der Waals surface area (Å²) in [5, 5.41) is 6.12. The minimum absolute atomic E-state index is 0. The van der Waals surface area contributed by atoms with Crippen LogP contribution in [0.5, 0.6) is 0 Å². The predicted octanol–water partition coefficient (Wildman–Crippen LogP) is 0.454. The zero-order valence-corrected chi connectivity index (χ0v) is 19.1. The molecule has 1 spiro atoms. The van der Waals surface area contributed by atoms with Gasteiger partial charge in [-0.25, -0.2) is 12.7 Å². The van der Waals surface area contributed by atoms with Crippen LogP contribution in [0.1, 0.15) is 33.1 Å². The molecule has 1 atom stereocenters. The lowest BCUT2D eigenvalue weighted by molar-refractivity contribution is -0.119. The molecule has 2 heterocycles. The SMILES string of the molecule is CCN(CC)S(=O)(=O)CCNC(=NC)N1CCCC2(CNC(=O)C2)C1.I. The maximum Gasteiger partial charge on any atom is 0.220 e. The van der Waals surface area contributed by atoms with E-state index in [1.165, 1.54) is 4.31 Å². The van der Waals surface area contributed by atoms with Crippen LogP contribution in [0, 0.1) is 5.41 Å². The van der Waals surface area contributed by atoms with Gasteiger partial charge in [0.25, 0.3) is 0 Å². The Morgan fingerprint density at radius 2 is 2.08 bits per heavy atom. The fraction of sp³-hybridized carbons (Fsp3) is 0.875. The first kappa shape index (κ1) is 23.4. The number of piperidine rings is 1. The van der Waals surface area contributed by atoms with Crippen molar-refractivity contribution in [1.82, 2.24) is 19.8 Å². The van der Waals surface area contributed by atoms with E-state index in [4.69, 9.17) is 0 Å². The van der Waals surface area contributed by atoms with Crippen molar-refractivity contribution in [3.63, 3.8) is 0 Å². The van der Waals surface area contributed by atoms with Crippen molar-refractivity contribution in [2.24, 2.45) is 10.4 Å². The number of nitrogens with one attached hydrogen (secondary N) is 2. The minimum atomic E-state index is -3.24. The van der Waals surface area contributed by atoms with Crippen molar-refractivity contribution in [2.75, 3.05) is 52.1 Å². The standard InChI is InChI=1S/C16H31N5O3S.HI/c1-4-21(5-2)25(23,24)10-8-18-15(17-3)20-9-6-7-16(13-20)11-14(22)19-12-16;/h4-13H2,1-3H3,(H,17,18)(H,19,22);1H. The van der Waals surface area contributed by atoms with Crippen LogP contribution < -0.4 is 10.6 Å². The highest BCUT2D eigenvalue weighted by Gasteiger charge is 2.42. The van der Waals surface area contributed by atoms with E-state index in [0.717, 1.165) is 32.5 Å². The molecule has 10 heteroatoms. The summed E-state index contributed by atoms with van der Waals surface area (Å²) in [5.41, 5.74) is -0.0136. The summed E-state index contributed by atoms with van der Waals surface area (Å²) in [4.78, 5) is 18.1. The van der Waals surface area contributed by atoms with Crippen LogP contribution in [0.2, 0.25) is 0 Å². The van der Waals surface area contributed by atoms with Gasteiger partial charge in [0.05, 0.1) is 5.75 Å². The van der Waals surface area contributed by atoms with Crippen molar-refractivity contribution in [3.05, 3.63) is 0 Å². The molecule has 0 radical (unpaired) electrons. The van der Waals surface area contributed by atoms with Gasteiger partial charge in [-0.2, -0.15) is 0 Å². The van der Waals surface area contributed by atoms with E-state index >= 15 is 0 Å². The average Bonchev–Trinajstić information content (AvgIpc) is 2.92. The number of rotatable bonds is 6. The molecule has 8 nitrogen and oxygen atoms in total. The predicted molar refractivity (Wildman–Crippen MR) is 114 cm³/mol. The maximum absolute atomic E-state index is 12.3. The molecule has 2 fully saturated rings. The Labute approximate surface area is 174 Å². The van der Waals surface area contributed by atoms with Gasteiger partial charge in [-0.05, 0) is 12.8 Å². The number of sulfonamides is 1. The summed E-state index contributed by atoms with van der Waals surface area (Å²) in [6.07, 6.45) is 2.61. The maximum atomic E-state index is 12.3. The first-order chi connectivity index (χ1) is 11.9. The van der Waals surface area contributed by atoms with Gasteiger partial charge in [-0.3, -0.25) is 9.79 Å². The number of hydrogen-bond acceptors (Lipinski definition) is 4. The lowest BCUT2D eigenvalue weighted by Crippen LogP contribution is -2.52. The van der Waals surface area contributed by atoms with Gasteiger partial charge in [-0.15, -0.1) is 24.0 Å². The van der Waals surface area contributed by atoms with Crippen LogP contribution in [0.25, 0.3) is 0 Å². The zero-order chi connectivity index (χ0) is 18.5. The molecular formula is C16H32IN5O3S. The van der Waals surface area contributed by atoms with Gasteiger partial charge < -0.3 is 15.5 Å². The van der Waals surface area contributed by atoms with Crippen molar-refractivity contribution < 1.29 is 13.2 Å². The van der Waals surface area contributed by atoms with Crippen molar-refractivity contribution in [3.8, 4) is 0 Å². The van der Waals surface area contributed by atoms with E-state index in [9.17, 15) is 13.2 Å². The van der Waals surface area contributed by atoms with Crippen LogP contribution in [0.15, 0.2) is 4.99 Å². The molecule has 0 saturated carbocycles. The van der Waals surface area contributed by atoms with Crippen LogP contribution in [0.3, 0.4) is 0 Å². The first-order valence-corrected chi connectivity index (χ1v) is 10.7. The number of halogens is 1. The molecule has 2 saturated heterocycles. The molecule has 1 unspecified atom stereocenters. The molecule has 2 N–H and O–H groups in total. The van der Waals surface area contributed by atoms with Gasteiger partial charge in [0.2, 0.25) is 15.9 Å². The van der Waals surface area contributed by atoms with Crippen molar-refractivity contribution in [1.29, 1.82) is 0 Å². The lowest BCUT2D eigenvalue weighted by Gasteiger charge is -2.40. The van der Waals surface area contributed by atoms with E-state index in [-0.39, 0.29) is 41.1 Å². The van der Waals surface area contributed by atoms with E-state index < -0.39 is 10.0 Å². The Morgan fingerprint density at radius 3 is 2.62 bits per heavy atom. The number of guanidine groups is 1. The lowest BCUT2D eigenvalue weighted by atomic mass is 9.79. The summed E-state index contributed by atoms with van der Waals surface area (Å²) in [7, 11) is -1.54. The number of likely N-dealkylation sites (tertiary alicyclic amines) is 1. The monoisotopic (exact) mass is 501 g/mol. The summed E-state index contributed by atoms with van der Waals surface area (Å²) in [6.45, 7) is 7.36. The van der Waals surface area contributed by atoms with Gasteiger partial charge in [-0.1, -0.05) is 13.8 Å². The highest BCUT2D eigenvalue weighted by molar-refractivity contribution is 14.0. The smallest absolute Gasteiger partial charge is 0.220 e. The first-order valence-electron chi connectivity index (χ1n) is 9.06. The summed E-state index contributed by atoms with van der Waals surface area (Å²) >= 11 is 0. The Bertz CT molecular complexity index is 609. The molecule has 0 aromatic rings. The van der Waals surface area contributed by atoms with E-state index in [1.54, 1.807) is 7.05 Å². The normalized spacial score (nSPS) is 23.9. The molecule has 2 aliphatic heterocycles. The number of nitrogens with zero attached hydrogens (tertiary/aromatic N) is 3. The Balaban J connectivity index is 0.00000338. The highest BCUT2D eigenvalue weighted by atomic mass is 127. The number of carbonyl (C=O) groups excluding carboxylic acids is 1. The second-order valence-corrected chi connectivity index (χ2v) is 8.94. The van der Waals surface area contributed by atoms with Gasteiger partial charge in [0.1, 0.15) is 0 Å². The van der Waals surface area contributed by atoms with E-state index in [1.807, 2.05) is 13.8 Å². The highest BCUT2D eigenvalue weighted by Crippen LogP contribution is 2.35. The van der Waals surface area contributed by atoms with Crippen molar-refractivity contribution >= 4 is 45.9 Å². The minimum Gasteiger partial charge on any atom is -0.355 e. The fourth-order valence-corrected chi connectivity index (χ4v) is 5.20. The molecule has 2 aliphatic rings. The third-order valence-corrected chi connectivity index (χ3v) is 7.13. The summed E-state index contributed by atoms with van der Waals surface area (Å²) in [5.74, 6) is 0.885. The van der Waals surface area contributed by atoms with Crippen LogP contribution in [-0.2, 0) is 14.8 Å². The van der Waals surface area contributed by atoms with Crippen LogP contribution in [-0.4, -0.2) is 81.6 Å². The Hall–Kier alpha value is -0.620. The molecule has 0 aromatic carbocycles. The van der Waals surface area contributed by atoms with Gasteiger partial charge in [0.15, 0.2) is 5.96 Å². The second-order valence-electron chi connectivity index (χ2n) is 6.85. The van der Waals surface area contributed by atoms with Crippen LogP contribution >= 0.6 is 24.0 Å². The number of hydrogen-bond donors (Lipinski definition) is 2. The van der Waals surface area contributed by atoms with Crippen LogP contribution in [0.4, 0.5) is 0 Å². The molecule has 152 valence electrons. The van der Waals surface area contributed by atoms with Gasteiger partial charge in [0, 0.05) is 58.2 Å². The van der Waals surface area contributed by atoms with Gasteiger partial charge >= 0.3 is 0 Å². The molecule has 0 aliphatic carbocycles. The molecule has 1 amide bonds. The second kappa shape index (κ2) is 10.1. The molecule has 26 heavy (non-hydrogen) atoms. The molecule has 2 rings (SSSR count). The third-order valence-electron chi connectivity index (χ3n) is 5.11. The molecule has 0 aromatic heterocycles. The topological polar surface area (TPSA) is 94.1 Å². The third kappa shape index (κ3) is 5.69. The molecular weight excluding hydrogens is 469 g/mol. The summed E-state index contributed by atoms with van der Waals surface area (Å²) in [6, 6.07) is 0. The number of amides is 1. The fourth-order valence-electron chi connectivity index (χ4n) is 3.80. The zero-order valence-electron chi connectivity index (χ0n) is 16.0. The van der Waals surface area contributed by atoms with E-state index in [0.29, 0.717) is 32.0 Å². The Kier molecular flexibility index (Phi) is 9.07. The quantitative estimate of drug-likeness (QED) is 0.313. The molecule has 0 bridgehead atoms. The average molecular weight is 501 g/mol. The van der Waals surface area contributed by atoms with E-state index in [2.05, 4.69) is 20.5 Å². The Morgan fingerprint density at radius 1 is 1.38 bits per heavy atom.